The standard InChI is InChI=1S/C5H9BrO.C5H10O/c1-3-5(6)4(2)7;1-3-4-5(2)6/h5H,3H2,1-2H3;3-4H2,1-2H3. The predicted molar refractivity (Wildman–Crippen MR) is 59.3 cm³/mol. The van der Waals surface area contributed by atoms with Gasteiger partial charge in [0.15, 0.2) is 0 Å². The van der Waals surface area contributed by atoms with Crippen molar-refractivity contribution in [1.82, 2.24) is 0 Å². The van der Waals surface area contributed by atoms with Crippen LogP contribution in [0.2, 0.25) is 0 Å². The van der Waals surface area contributed by atoms with Gasteiger partial charge in [-0.1, -0.05) is 29.8 Å². The van der Waals surface area contributed by atoms with Gasteiger partial charge in [-0.2, -0.15) is 0 Å². The summed E-state index contributed by atoms with van der Waals surface area (Å²) in [5.41, 5.74) is 0. The van der Waals surface area contributed by atoms with E-state index in [0.29, 0.717) is 0 Å². The Balaban J connectivity index is 0. The summed E-state index contributed by atoms with van der Waals surface area (Å²) < 4.78 is 0. The van der Waals surface area contributed by atoms with Crippen LogP contribution in [-0.4, -0.2) is 16.4 Å². The summed E-state index contributed by atoms with van der Waals surface area (Å²) in [5.74, 6) is 0.500. The van der Waals surface area contributed by atoms with Crippen LogP contribution in [0.1, 0.15) is 47.0 Å². The number of carbonyl (C=O) groups is 2. The molecule has 0 rings (SSSR count). The molecule has 0 N–H and O–H groups in total. The molecular weight excluding hydrogens is 232 g/mol. The molecule has 2 nitrogen and oxygen atoms in total. The van der Waals surface area contributed by atoms with E-state index < -0.39 is 0 Å². The monoisotopic (exact) mass is 250 g/mol. The van der Waals surface area contributed by atoms with Crippen LogP contribution in [0.15, 0.2) is 0 Å². The van der Waals surface area contributed by atoms with Crippen molar-refractivity contribution in [3.63, 3.8) is 0 Å². The molecule has 3 heteroatoms. The van der Waals surface area contributed by atoms with E-state index in [0.717, 1.165) is 19.3 Å². The Labute approximate surface area is 89.2 Å². The van der Waals surface area contributed by atoms with Gasteiger partial charge in [-0.05, 0) is 26.7 Å². The third kappa shape index (κ3) is 14.7. The van der Waals surface area contributed by atoms with Gasteiger partial charge in [0.1, 0.15) is 11.6 Å². The maximum atomic E-state index is 10.3. The van der Waals surface area contributed by atoms with Crippen LogP contribution in [0.5, 0.6) is 0 Å². The first-order chi connectivity index (χ1) is 5.95. The number of halogens is 1. The molecule has 0 aromatic rings. The molecule has 13 heavy (non-hydrogen) atoms. The molecule has 78 valence electrons. The molecule has 0 amide bonds. The van der Waals surface area contributed by atoms with Gasteiger partial charge in [0.05, 0.1) is 4.83 Å². The normalized spacial score (nSPS) is 11.2. The first kappa shape index (κ1) is 15.3. The van der Waals surface area contributed by atoms with E-state index in [1.807, 2.05) is 13.8 Å². The summed E-state index contributed by atoms with van der Waals surface area (Å²) in [6, 6.07) is 0. The van der Waals surface area contributed by atoms with E-state index in [1.165, 1.54) is 0 Å². The number of ketones is 2. The predicted octanol–water partition coefficient (Wildman–Crippen LogP) is 3.12. The van der Waals surface area contributed by atoms with Gasteiger partial charge < -0.3 is 4.79 Å². The molecule has 0 saturated heterocycles. The number of carbonyl (C=O) groups excluding carboxylic acids is 2. The third-order valence-electron chi connectivity index (χ3n) is 1.40. The number of hydrogen-bond acceptors (Lipinski definition) is 2. The minimum Gasteiger partial charge on any atom is -0.300 e. The molecule has 0 aliphatic carbocycles. The molecule has 0 fully saturated rings. The first-order valence-electron chi connectivity index (χ1n) is 4.59. The highest BCUT2D eigenvalue weighted by molar-refractivity contribution is 9.10. The molecule has 0 saturated carbocycles. The van der Waals surface area contributed by atoms with Crippen LogP contribution in [0, 0.1) is 0 Å². The summed E-state index contributed by atoms with van der Waals surface area (Å²) in [4.78, 5) is 20.4. The Kier molecular flexibility index (Phi) is 11.7. The summed E-state index contributed by atoms with van der Waals surface area (Å²) in [6.45, 7) is 7.18. The highest BCUT2D eigenvalue weighted by Gasteiger charge is 2.03. The van der Waals surface area contributed by atoms with Crippen molar-refractivity contribution in [3.8, 4) is 0 Å². The Morgan fingerprint density at radius 2 is 1.69 bits per heavy atom. The Morgan fingerprint density at radius 3 is 1.69 bits per heavy atom. The second-order valence-corrected chi connectivity index (χ2v) is 4.04. The van der Waals surface area contributed by atoms with Crippen LogP contribution >= 0.6 is 15.9 Å². The van der Waals surface area contributed by atoms with Gasteiger partial charge in [-0.15, -0.1) is 0 Å². The fraction of sp³-hybridized carbons (Fsp3) is 0.800. The Bertz CT molecular complexity index is 155. The summed E-state index contributed by atoms with van der Waals surface area (Å²) in [6.07, 6.45) is 2.60. The zero-order chi connectivity index (χ0) is 10.9. The lowest BCUT2D eigenvalue weighted by Gasteiger charge is -1.96. The second kappa shape index (κ2) is 9.90. The lowest BCUT2D eigenvalue weighted by atomic mass is 10.3. The van der Waals surface area contributed by atoms with E-state index in [-0.39, 0.29) is 16.4 Å². The minimum atomic E-state index is 0.0764. The quantitative estimate of drug-likeness (QED) is 0.719. The van der Waals surface area contributed by atoms with Gasteiger partial charge in [0.25, 0.3) is 0 Å². The lowest BCUT2D eigenvalue weighted by molar-refractivity contribution is -0.117. The van der Waals surface area contributed by atoms with E-state index in [1.54, 1.807) is 13.8 Å². The molecular formula is C10H19BrO2. The third-order valence-corrected chi connectivity index (χ3v) is 2.69. The maximum Gasteiger partial charge on any atom is 0.143 e. The minimum absolute atomic E-state index is 0.0764. The molecule has 0 spiro atoms. The number of alkyl halides is 1. The van der Waals surface area contributed by atoms with Crippen LogP contribution in [0.3, 0.4) is 0 Å². The van der Waals surface area contributed by atoms with Crippen molar-refractivity contribution in [2.75, 3.05) is 0 Å². The smallest absolute Gasteiger partial charge is 0.143 e. The van der Waals surface area contributed by atoms with Crippen LogP contribution < -0.4 is 0 Å². The van der Waals surface area contributed by atoms with Crippen molar-refractivity contribution < 1.29 is 9.59 Å². The zero-order valence-electron chi connectivity index (χ0n) is 8.89. The van der Waals surface area contributed by atoms with E-state index in [2.05, 4.69) is 15.9 Å². The molecule has 1 atom stereocenters. The van der Waals surface area contributed by atoms with Crippen LogP contribution in [0.25, 0.3) is 0 Å². The molecule has 0 heterocycles. The number of rotatable bonds is 4. The van der Waals surface area contributed by atoms with Crippen molar-refractivity contribution in [1.29, 1.82) is 0 Å². The van der Waals surface area contributed by atoms with E-state index >= 15 is 0 Å². The van der Waals surface area contributed by atoms with Crippen molar-refractivity contribution in [2.45, 2.75) is 51.8 Å². The summed E-state index contributed by atoms with van der Waals surface area (Å²) in [5, 5.41) is 0. The summed E-state index contributed by atoms with van der Waals surface area (Å²) >= 11 is 3.19. The topological polar surface area (TPSA) is 34.1 Å². The fourth-order valence-electron chi connectivity index (χ4n) is 0.640. The fourth-order valence-corrected chi connectivity index (χ4v) is 0.640. The first-order valence-corrected chi connectivity index (χ1v) is 5.51. The van der Waals surface area contributed by atoms with Crippen molar-refractivity contribution in [2.24, 2.45) is 0 Å². The van der Waals surface area contributed by atoms with Gasteiger partial charge >= 0.3 is 0 Å². The second-order valence-electron chi connectivity index (χ2n) is 2.94. The molecule has 0 aliphatic heterocycles. The van der Waals surface area contributed by atoms with Gasteiger partial charge in [-0.25, -0.2) is 0 Å². The lowest BCUT2D eigenvalue weighted by Crippen LogP contribution is -2.06. The molecule has 0 aromatic carbocycles. The molecule has 0 radical (unpaired) electrons. The van der Waals surface area contributed by atoms with Crippen molar-refractivity contribution in [3.05, 3.63) is 0 Å². The maximum absolute atomic E-state index is 10.3. The van der Waals surface area contributed by atoms with Gasteiger partial charge in [-0.3, -0.25) is 4.79 Å². The highest BCUT2D eigenvalue weighted by Crippen LogP contribution is 2.03. The average molecular weight is 251 g/mol. The SMILES string of the molecule is CCC(Br)C(C)=O.CCCC(C)=O. The van der Waals surface area contributed by atoms with E-state index in [9.17, 15) is 9.59 Å². The molecule has 0 bridgehead atoms. The summed E-state index contributed by atoms with van der Waals surface area (Å²) in [7, 11) is 0. The van der Waals surface area contributed by atoms with Crippen LogP contribution in [-0.2, 0) is 9.59 Å². The number of hydrogen-bond donors (Lipinski definition) is 0. The van der Waals surface area contributed by atoms with Crippen molar-refractivity contribution >= 4 is 27.5 Å². The van der Waals surface area contributed by atoms with Gasteiger partial charge in [0.2, 0.25) is 0 Å². The largest absolute Gasteiger partial charge is 0.300 e. The van der Waals surface area contributed by atoms with Gasteiger partial charge in [0, 0.05) is 6.42 Å². The average Bonchev–Trinajstić information content (AvgIpc) is 2.03. The van der Waals surface area contributed by atoms with E-state index in [4.69, 9.17) is 0 Å². The molecule has 0 aromatic heterocycles. The highest BCUT2D eigenvalue weighted by atomic mass is 79.9. The molecule has 0 aliphatic rings. The molecule has 1 unspecified atom stereocenters. The Hall–Kier alpha value is -0.180. The van der Waals surface area contributed by atoms with Crippen LogP contribution in [0.4, 0.5) is 0 Å². The zero-order valence-corrected chi connectivity index (χ0v) is 10.5. The number of Topliss-reactive ketones (excluding diaryl/α,β-unsaturated/α-hetero) is 2. The Morgan fingerprint density at radius 1 is 1.23 bits per heavy atom.